The molecular formula is C14H20N2O4S. The van der Waals surface area contributed by atoms with E-state index in [1.165, 1.54) is 0 Å². The van der Waals surface area contributed by atoms with Crippen LogP contribution in [0.2, 0.25) is 0 Å². The third-order valence-corrected chi connectivity index (χ3v) is 4.45. The molecule has 0 bridgehead atoms. The van der Waals surface area contributed by atoms with Gasteiger partial charge in [-0.2, -0.15) is 11.8 Å². The zero-order chi connectivity index (χ0) is 15.2. The molecule has 1 saturated heterocycles. The summed E-state index contributed by atoms with van der Waals surface area (Å²) in [5, 5.41) is 11.9. The van der Waals surface area contributed by atoms with Crippen LogP contribution in [0.4, 0.5) is 4.79 Å². The zero-order valence-corrected chi connectivity index (χ0v) is 12.8. The number of carbonyl (C=O) groups excluding carboxylic acids is 1. The summed E-state index contributed by atoms with van der Waals surface area (Å²) >= 11 is 1.69. The number of furan rings is 1. The minimum absolute atomic E-state index is 0.00696. The highest BCUT2D eigenvalue weighted by Gasteiger charge is 2.29. The van der Waals surface area contributed by atoms with Crippen LogP contribution in [0, 0.1) is 0 Å². The van der Waals surface area contributed by atoms with Gasteiger partial charge in [-0.1, -0.05) is 0 Å². The van der Waals surface area contributed by atoms with Gasteiger partial charge in [0.15, 0.2) is 0 Å². The van der Waals surface area contributed by atoms with Gasteiger partial charge in [0.25, 0.3) is 0 Å². The van der Waals surface area contributed by atoms with Crippen LogP contribution in [0.25, 0.3) is 0 Å². The van der Waals surface area contributed by atoms with Crippen molar-refractivity contribution in [3.05, 3.63) is 24.2 Å². The maximum Gasteiger partial charge on any atom is 0.317 e. The van der Waals surface area contributed by atoms with Crippen molar-refractivity contribution in [1.29, 1.82) is 0 Å². The highest BCUT2D eigenvalue weighted by molar-refractivity contribution is 7.99. The first kappa shape index (κ1) is 15.8. The van der Waals surface area contributed by atoms with E-state index in [1.54, 1.807) is 22.9 Å². The van der Waals surface area contributed by atoms with Crippen LogP contribution in [0.3, 0.4) is 0 Å². The van der Waals surface area contributed by atoms with Gasteiger partial charge in [0, 0.05) is 30.5 Å². The molecule has 116 valence electrons. The van der Waals surface area contributed by atoms with Crippen molar-refractivity contribution in [3.8, 4) is 0 Å². The van der Waals surface area contributed by atoms with Gasteiger partial charge < -0.3 is 19.7 Å². The predicted octanol–water partition coefficient (Wildman–Crippen LogP) is 1.81. The van der Waals surface area contributed by atoms with Gasteiger partial charge >= 0.3 is 12.0 Å². The first-order valence-corrected chi connectivity index (χ1v) is 8.10. The lowest BCUT2D eigenvalue weighted by Crippen LogP contribution is -2.53. The summed E-state index contributed by atoms with van der Waals surface area (Å²) in [6, 6.07) is 3.18. The molecule has 7 heteroatoms. The first-order valence-electron chi connectivity index (χ1n) is 6.95. The molecule has 2 heterocycles. The monoisotopic (exact) mass is 312 g/mol. The van der Waals surface area contributed by atoms with Crippen LogP contribution < -0.4 is 5.32 Å². The molecule has 0 radical (unpaired) electrons. The average molecular weight is 312 g/mol. The largest absolute Gasteiger partial charge is 0.481 e. The maximum absolute atomic E-state index is 12.3. The Kier molecular flexibility index (Phi) is 5.55. The quantitative estimate of drug-likeness (QED) is 0.866. The van der Waals surface area contributed by atoms with Gasteiger partial charge in [-0.05, 0) is 19.1 Å². The second-order valence-corrected chi connectivity index (χ2v) is 6.30. The van der Waals surface area contributed by atoms with Crippen LogP contribution in [-0.4, -0.2) is 52.1 Å². The van der Waals surface area contributed by atoms with Crippen LogP contribution >= 0.6 is 11.8 Å². The number of hydrogen-bond acceptors (Lipinski definition) is 4. The van der Waals surface area contributed by atoms with Crippen molar-refractivity contribution in [2.45, 2.75) is 31.8 Å². The number of aliphatic carboxylic acids is 1. The number of hydrogen-bond donors (Lipinski definition) is 2. The fourth-order valence-corrected chi connectivity index (χ4v) is 3.43. The number of nitrogens with one attached hydrogen (secondary N) is 1. The minimum atomic E-state index is -0.871. The number of rotatable bonds is 5. The van der Waals surface area contributed by atoms with Crippen molar-refractivity contribution in [3.63, 3.8) is 0 Å². The van der Waals surface area contributed by atoms with Crippen LogP contribution in [0.5, 0.6) is 0 Å². The lowest BCUT2D eigenvalue weighted by Gasteiger charge is -2.35. The Morgan fingerprint density at radius 3 is 3.10 bits per heavy atom. The van der Waals surface area contributed by atoms with Crippen molar-refractivity contribution in [2.75, 3.05) is 18.1 Å². The Bertz CT molecular complexity index is 477. The molecule has 2 atom stereocenters. The maximum atomic E-state index is 12.3. The zero-order valence-electron chi connectivity index (χ0n) is 11.9. The summed E-state index contributed by atoms with van der Waals surface area (Å²) in [4.78, 5) is 24.8. The van der Waals surface area contributed by atoms with Gasteiger partial charge in [-0.25, -0.2) is 4.79 Å². The number of nitrogens with zero attached hydrogens (tertiary/aromatic N) is 1. The second kappa shape index (κ2) is 7.40. The van der Waals surface area contributed by atoms with Crippen LogP contribution in [0.1, 0.15) is 19.1 Å². The number of carboxylic acids is 1. The first-order chi connectivity index (χ1) is 10.1. The third kappa shape index (κ3) is 4.70. The van der Waals surface area contributed by atoms with Gasteiger partial charge in [0.05, 0.1) is 18.7 Å². The molecular weight excluding hydrogens is 292 g/mol. The molecule has 2 rings (SSSR count). The predicted molar refractivity (Wildman–Crippen MR) is 80.5 cm³/mol. The van der Waals surface area contributed by atoms with E-state index in [-0.39, 0.29) is 24.5 Å². The number of urea groups is 1. The van der Waals surface area contributed by atoms with E-state index in [9.17, 15) is 9.59 Å². The summed E-state index contributed by atoms with van der Waals surface area (Å²) in [5.74, 6) is 1.46. The van der Waals surface area contributed by atoms with Crippen LogP contribution in [-0.2, 0) is 11.2 Å². The molecule has 1 aromatic heterocycles. The lowest BCUT2D eigenvalue weighted by atomic mass is 10.2. The summed E-state index contributed by atoms with van der Waals surface area (Å²) in [6.07, 6.45) is 2.21. The molecule has 1 fully saturated rings. The Labute approximate surface area is 127 Å². The van der Waals surface area contributed by atoms with E-state index in [0.29, 0.717) is 18.7 Å². The average Bonchev–Trinajstić information content (AvgIpc) is 2.91. The molecule has 0 saturated carbocycles. The van der Waals surface area contributed by atoms with Gasteiger partial charge in [-0.3, -0.25) is 4.79 Å². The molecule has 0 aromatic carbocycles. The van der Waals surface area contributed by atoms with Crippen molar-refractivity contribution >= 4 is 23.8 Å². The Balaban J connectivity index is 1.89. The molecule has 1 aliphatic rings. The third-order valence-electron chi connectivity index (χ3n) is 3.36. The molecule has 2 amide bonds. The molecule has 0 spiro atoms. The Morgan fingerprint density at radius 2 is 2.43 bits per heavy atom. The number of carbonyl (C=O) groups is 2. The van der Waals surface area contributed by atoms with Crippen molar-refractivity contribution in [2.24, 2.45) is 0 Å². The van der Waals surface area contributed by atoms with E-state index in [1.807, 2.05) is 19.1 Å². The van der Waals surface area contributed by atoms with Crippen molar-refractivity contribution < 1.29 is 19.1 Å². The summed E-state index contributed by atoms with van der Waals surface area (Å²) in [5.41, 5.74) is 0. The molecule has 6 nitrogen and oxygen atoms in total. The van der Waals surface area contributed by atoms with E-state index in [4.69, 9.17) is 9.52 Å². The Morgan fingerprint density at radius 1 is 1.62 bits per heavy atom. The molecule has 2 N–H and O–H groups in total. The molecule has 21 heavy (non-hydrogen) atoms. The molecule has 0 aliphatic carbocycles. The van der Waals surface area contributed by atoms with Gasteiger partial charge in [0.2, 0.25) is 0 Å². The normalized spacial score (nSPS) is 20.0. The molecule has 1 aromatic rings. The van der Waals surface area contributed by atoms with E-state index in [0.717, 1.165) is 11.5 Å². The second-order valence-electron chi connectivity index (χ2n) is 5.15. The number of thioether (sulfide) groups is 1. The molecule has 1 aliphatic heterocycles. The SMILES string of the molecule is CC(Cc1ccco1)NC(=O)N1CCSCC1CC(=O)O. The number of amides is 2. The number of carboxylic acid groups (broad SMARTS) is 1. The fraction of sp³-hybridized carbons (Fsp3) is 0.571. The standard InChI is InChI=1S/C14H20N2O4S/c1-10(7-12-3-2-5-20-12)15-14(19)16-4-6-21-9-11(16)8-13(17)18/h2-3,5,10-11H,4,6-9H2,1H3,(H,15,19)(H,17,18). The van der Waals surface area contributed by atoms with E-state index < -0.39 is 5.97 Å². The summed E-state index contributed by atoms with van der Waals surface area (Å²) in [7, 11) is 0. The minimum Gasteiger partial charge on any atom is -0.481 e. The van der Waals surface area contributed by atoms with Gasteiger partial charge in [0.1, 0.15) is 5.76 Å². The molecule has 2 unspecified atom stereocenters. The van der Waals surface area contributed by atoms with E-state index >= 15 is 0 Å². The Hall–Kier alpha value is -1.63. The summed E-state index contributed by atoms with van der Waals surface area (Å²) in [6.45, 7) is 2.49. The van der Waals surface area contributed by atoms with Crippen molar-refractivity contribution in [1.82, 2.24) is 10.2 Å². The van der Waals surface area contributed by atoms with Gasteiger partial charge in [-0.15, -0.1) is 0 Å². The van der Waals surface area contributed by atoms with Crippen LogP contribution in [0.15, 0.2) is 22.8 Å². The fourth-order valence-electron chi connectivity index (χ4n) is 2.37. The summed E-state index contributed by atoms with van der Waals surface area (Å²) < 4.78 is 5.26. The topological polar surface area (TPSA) is 82.8 Å². The van der Waals surface area contributed by atoms with E-state index in [2.05, 4.69) is 5.32 Å². The highest BCUT2D eigenvalue weighted by Crippen LogP contribution is 2.19. The lowest BCUT2D eigenvalue weighted by molar-refractivity contribution is -0.137. The smallest absolute Gasteiger partial charge is 0.317 e. The highest BCUT2D eigenvalue weighted by atomic mass is 32.2.